The van der Waals surface area contributed by atoms with Gasteiger partial charge in [-0.05, 0) is 18.2 Å². The summed E-state index contributed by atoms with van der Waals surface area (Å²) in [6.45, 7) is 1.62. The molecule has 0 aromatic heterocycles. The van der Waals surface area contributed by atoms with Crippen molar-refractivity contribution >= 4 is 17.5 Å². The van der Waals surface area contributed by atoms with Crippen LogP contribution in [-0.2, 0) is 16.1 Å². The normalized spacial score (nSPS) is 16.1. The van der Waals surface area contributed by atoms with Gasteiger partial charge in [-0.15, -0.1) is 0 Å². The number of nitrogens with one attached hydrogen (secondary N) is 1. The minimum Gasteiger partial charge on any atom is -0.477 e. The number of para-hydroxylation sites is 2. The van der Waals surface area contributed by atoms with Gasteiger partial charge >= 0.3 is 0 Å². The van der Waals surface area contributed by atoms with Gasteiger partial charge in [0.15, 0.2) is 6.10 Å². The zero-order valence-electron chi connectivity index (χ0n) is 13.2. The van der Waals surface area contributed by atoms with Crippen molar-refractivity contribution in [1.82, 2.24) is 5.32 Å². The molecule has 2 aromatic rings. The lowest BCUT2D eigenvalue weighted by Gasteiger charge is -2.33. The van der Waals surface area contributed by atoms with E-state index >= 15 is 0 Å². The molecule has 6 heteroatoms. The van der Waals surface area contributed by atoms with Crippen molar-refractivity contribution in [3.8, 4) is 5.75 Å². The molecule has 0 unspecified atom stereocenters. The monoisotopic (exact) mass is 328 g/mol. The van der Waals surface area contributed by atoms with Crippen molar-refractivity contribution in [3.63, 3.8) is 0 Å². The van der Waals surface area contributed by atoms with E-state index in [1.165, 1.54) is 17.9 Å². The Kier molecular flexibility index (Phi) is 4.46. The number of carbonyl (C=O) groups is 2. The average molecular weight is 328 g/mol. The summed E-state index contributed by atoms with van der Waals surface area (Å²) >= 11 is 0. The number of ether oxygens (including phenoxy) is 1. The maximum atomic E-state index is 13.6. The van der Waals surface area contributed by atoms with Gasteiger partial charge in [-0.2, -0.15) is 0 Å². The van der Waals surface area contributed by atoms with E-state index in [4.69, 9.17) is 4.74 Å². The number of amides is 2. The van der Waals surface area contributed by atoms with E-state index in [0.29, 0.717) is 17.0 Å². The molecule has 0 radical (unpaired) electrons. The summed E-state index contributed by atoms with van der Waals surface area (Å²) in [6, 6.07) is 13.3. The Balaban J connectivity index is 1.72. The Labute approximate surface area is 139 Å². The quantitative estimate of drug-likeness (QED) is 0.940. The lowest BCUT2D eigenvalue weighted by molar-refractivity contribution is -0.128. The van der Waals surface area contributed by atoms with Crippen molar-refractivity contribution in [1.29, 1.82) is 0 Å². The molecule has 0 saturated carbocycles. The standard InChI is InChI=1S/C18H17FN2O3/c1-12(22)21-11-17(24-16-9-5-4-8-15(16)21)18(23)20-10-13-6-2-3-7-14(13)19/h2-9,17H,10-11H2,1H3,(H,20,23)/t17-/m1/s1. The molecule has 0 saturated heterocycles. The molecule has 5 nitrogen and oxygen atoms in total. The summed E-state index contributed by atoms with van der Waals surface area (Å²) in [6.07, 6.45) is -0.837. The molecular weight excluding hydrogens is 311 g/mol. The van der Waals surface area contributed by atoms with E-state index in [2.05, 4.69) is 5.32 Å². The number of carbonyl (C=O) groups excluding carboxylic acids is 2. The molecule has 0 fully saturated rings. The summed E-state index contributed by atoms with van der Waals surface area (Å²) in [4.78, 5) is 25.7. The lowest BCUT2D eigenvalue weighted by atomic mass is 10.1. The first-order valence-corrected chi connectivity index (χ1v) is 7.61. The number of hydrogen-bond donors (Lipinski definition) is 1. The van der Waals surface area contributed by atoms with Crippen LogP contribution in [0.1, 0.15) is 12.5 Å². The Bertz CT molecular complexity index is 778. The Morgan fingerprint density at radius 2 is 1.92 bits per heavy atom. The van der Waals surface area contributed by atoms with Crippen molar-refractivity contribution < 1.29 is 18.7 Å². The third kappa shape index (κ3) is 3.22. The van der Waals surface area contributed by atoms with E-state index in [1.54, 1.807) is 42.5 Å². The molecule has 0 aliphatic carbocycles. The first-order valence-electron chi connectivity index (χ1n) is 7.61. The van der Waals surface area contributed by atoms with Crippen molar-refractivity contribution in [2.75, 3.05) is 11.4 Å². The Hall–Kier alpha value is -2.89. The first-order chi connectivity index (χ1) is 11.6. The number of nitrogens with zero attached hydrogens (tertiary/aromatic N) is 1. The van der Waals surface area contributed by atoms with Gasteiger partial charge in [0.2, 0.25) is 5.91 Å². The Morgan fingerprint density at radius 3 is 2.67 bits per heavy atom. The number of rotatable bonds is 3. The summed E-state index contributed by atoms with van der Waals surface area (Å²) in [5.41, 5.74) is 1.04. The van der Waals surface area contributed by atoms with E-state index in [-0.39, 0.29) is 30.7 Å². The molecule has 1 aliphatic heterocycles. The minimum absolute atomic E-state index is 0.0626. The number of anilines is 1. The first kappa shape index (κ1) is 16.0. The van der Waals surface area contributed by atoms with Crippen LogP contribution in [0.2, 0.25) is 0 Å². The highest BCUT2D eigenvalue weighted by molar-refractivity contribution is 5.95. The average Bonchev–Trinajstić information content (AvgIpc) is 2.59. The summed E-state index contributed by atoms with van der Waals surface area (Å²) < 4.78 is 19.3. The summed E-state index contributed by atoms with van der Waals surface area (Å²) in [5.74, 6) is -0.459. The van der Waals surface area contributed by atoms with Crippen molar-refractivity contribution in [3.05, 3.63) is 59.9 Å². The molecule has 3 rings (SSSR count). The van der Waals surface area contributed by atoms with Gasteiger partial charge in [0.25, 0.3) is 5.91 Å². The Morgan fingerprint density at radius 1 is 1.21 bits per heavy atom. The second kappa shape index (κ2) is 6.70. The van der Waals surface area contributed by atoms with E-state index < -0.39 is 6.10 Å². The molecule has 2 amide bonds. The molecular formula is C18H17FN2O3. The second-order valence-corrected chi connectivity index (χ2v) is 5.51. The molecule has 24 heavy (non-hydrogen) atoms. The third-order valence-electron chi connectivity index (χ3n) is 3.86. The van der Waals surface area contributed by atoms with Crippen LogP contribution in [0, 0.1) is 5.82 Å². The van der Waals surface area contributed by atoms with Crippen LogP contribution in [-0.4, -0.2) is 24.5 Å². The highest BCUT2D eigenvalue weighted by atomic mass is 19.1. The molecule has 0 bridgehead atoms. The smallest absolute Gasteiger partial charge is 0.263 e. The SMILES string of the molecule is CC(=O)N1C[C@H](C(=O)NCc2ccccc2F)Oc2ccccc21. The van der Waals surface area contributed by atoms with Crippen LogP contribution in [0.25, 0.3) is 0 Å². The zero-order valence-corrected chi connectivity index (χ0v) is 13.2. The van der Waals surface area contributed by atoms with Gasteiger partial charge < -0.3 is 15.0 Å². The van der Waals surface area contributed by atoms with E-state index in [1.807, 2.05) is 0 Å². The van der Waals surface area contributed by atoms with Crippen LogP contribution in [0.3, 0.4) is 0 Å². The van der Waals surface area contributed by atoms with Crippen molar-refractivity contribution in [2.45, 2.75) is 19.6 Å². The van der Waals surface area contributed by atoms with Crippen LogP contribution in [0.15, 0.2) is 48.5 Å². The minimum atomic E-state index is -0.837. The highest BCUT2D eigenvalue weighted by Crippen LogP contribution is 2.33. The fraction of sp³-hybridized carbons (Fsp3) is 0.222. The van der Waals surface area contributed by atoms with Crippen LogP contribution < -0.4 is 15.0 Å². The fourth-order valence-corrected chi connectivity index (χ4v) is 2.61. The topological polar surface area (TPSA) is 58.6 Å². The van der Waals surface area contributed by atoms with Gasteiger partial charge in [-0.25, -0.2) is 4.39 Å². The molecule has 124 valence electrons. The molecule has 1 N–H and O–H groups in total. The second-order valence-electron chi connectivity index (χ2n) is 5.51. The fourth-order valence-electron chi connectivity index (χ4n) is 2.61. The van der Waals surface area contributed by atoms with Gasteiger partial charge in [0.05, 0.1) is 12.2 Å². The number of fused-ring (bicyclic) bond motifs is 1. The molecule has 0 spiro atoms. The number of hydrogen-bond acceptors (Lipinski definition) is 3. The third-order valence-corrected chi connectivity index (χ3v) is 3.86. The van der Waals surface area contributed by atoms with Crippen LogP contribution in [0.5, 0.6) is 5.75 Å². The van der Waals surface area contributed by atoms with Gasteiger partial charge in [0.1, 0.15) is 11.6 Å². The predicted molar refractivity (Wildman–Crippen MR) is 87.1 cm³/mol. The van der Waals surface area contributed by atoms with Gasteiger partial charge in [0, 0.05) is 19.0 Å². The zero-order chi connectivity index (χ0) is 17.1. The summed E-state index contributed by atoms with van der Waals surface area (Å²) in [7, 11) is 0. The largest absolute Gasteiger partial charge is 0.477 e. The molecule has 1 aliphatic rings. The highest BCUT2D eigenvalue weighted by Gasteiger charge is 2.32. The van der Waals surface area contributed by atoms with Crippen molar-refractivity contribution in [2.24, 2.45) is 0 Å². The molecule has 2 aromatic carbocycles. The van der Waals surface area contributed by atoms with Crippen LogP contribution in [0.4, 0.5) is 10.1 Å². The summed E-state index contributed by atoms with van der Waals surface area (Å²) in [5, 5.41) is 2.66. The number of benzene rings is 2. The molecule has 1 heterocycles. The van der Waals surface area contributed by atoms with E-state index in [9.17, 15) is 14.0 Å². The van der Waals surface area contributed by atoms with E-state index in [0.717, 1.165) is 0 Å². The molecule has 1 atom stereocenters. The van der Waals surface area contributed by atoms with Crippen LogP contribution >= 0.6 is 0 Å². The maximum Gasteiger partial charge on any atom is 0.263 e. The lowest BCUT2D eigenvalue weighted by Crippen LogP contribution is -2.50. The predicted octanol–water partition coefficient (Wildman–Crippen LogP) is 2.26. The maximum absolute atomic E-state index is 13.6. The van der Waals surface area contributed by atoms with Gasteiger partial charge in [-0.3, -0.25) is 9.59 Å². The van der Waals surface area contributed by atoms with Gasteiger partial charge in [-0.1, -0.05) is 30.3 Å². The number of halogens is 1.